The summed E-state index contributed by atoms with van der Waals surface area (Å²) in [6, 6.07) is 25.7. The van der Waals surface area contributed by atoms with Crippen LogP contribution in [0.2, 0.25) is 5.02 Å². The number of aromatic nitrogens is 2. The van der Waals surface area contributed by atoms with Gasteiger partial charge in [-0.15, -0.1) is 0 Å². The van der Waals surface area contributed by atoms with E-state index in [1.807, 2.05) is 67.6 Å². The van der Waals surface area contributed by atoms with Gasteiger partial charge in [0.1, 0.15) is 5.70 Å². The summed E-state index contributed by atoms with van der Waals surface area (Å²) in [5, 5.41) is 8.67. The number of nitrogens with one attached hydrogen (secondary N) is 1. The Bertz CT molecular complexity index is 1800. The largest absolute Gasteiger partial charge is 0.334 e. The van der Waals surface area contributed by atoms with Gasteiger partial charge in [-0.05, 0) is 42.8 Å². The minimum atomic E-state index is -0.327. The van der Waals surface area contributed by atoms with Crippen LogP contribution in [0.15, 0.2) is 89.0 Å². The number of rotatable bonds is 5. The molecule has 7 heteroatoms. The molecule has 0 spiro atoms. The standard InChI is InChI=1S/C28H20ClN5O/c1-17-27-23(21-9-3-5-12-25(21)34(27)16-18-7-6-8-19(29)13-18)14-20(31-17)15-30-33-26-22-10-2-4-11-24(22)32-28(26)35/h2-15H,16H2,1H3,(H,32,33,35)/b30-15+. The first-order chi connectivity index (χ1) is 17.1. The second-order valence-electron chi connectivity index (χ2n) is 8.44. The molecule has 0 bridgehead atoms. The molecule has 0 unspecified atom stereocenters. The van der Waals surface area contributed by atoms with E-state index in [2.05, 4.69) is 38.3 Å². The molecule has 3 aromatic carbocycles. The maximum atomic E-state index is 12.3. The number of benzene rings is 3. The summed E-state index contributed by atoms with van der Waals surface area (Å²) in [6.07, 6.45) is 1.64. The summed E-state index contributed by atoms with van der Waals surface area (Å²) >= 11 is 6.24. The van der Waals surface area contributed by atoms with Crippen LogP contribution in [0.3, 0.4) is 0 Å². The molecule has 0 aliphatic carbocycles. The van der Waals surface area contributed by atoms with Crippen LogP contribution >= 0.6 is 11.6 Å². The maximum Gasteiger partial charge on any atom is 0.296 e. The molecular weight excluding hydrogens is 458 g/mol. The molecule has 0 saturated carbocycles. The molecule has 1 aliphatic rings. The Morgan fingerprint density at radius 2 is 1.83 bits per heavy atom. The summed E-state index contributed by atoms with van der Waals surface area (Å²) in [4.78, 5) is 21.1. The molecule has 6 rings (SSSR count). The Hall–Kier alpha value is -4.29. The highest BCUT2D eigenvalue weighted by atomic mass is 35.5. The van der Waals surface area contributed by atoms with E-state index in [9.17, 15) is 4.79 Å². The lowest BCUT2D eigenvalue weighted by Gasteiger charge is -2.10. The van der Waals surface area contributed by atoms with Gasteiger partial charge in [0.2, 0.25) is 0 Å². The Kier molecular flexibility index (Phi) is 5.16. The van der Waals surface area contributed by atoms with E-state index in [1.165, 1.54) is 0 Å². The Morgan fingerprint density at radius 1 is 1.00 bits per heavy atom. The van der Waals surface area contributed by atoms with Crippen LogP contribution in [-0.4, -0.2) is 21.7 Å². The number of hydrogen-bond acceptors (Lipinski definition) is 4. The fraction of sp³-hybridized carbons (Fsp3) is 0.0714. The molecule has 170 valence electrons. The zero-order valence-electron chi connectivity index (χ0n) is 18.9. The van der Waals surface area contributed by atoms with E-state index in [1.54, 1.807) is 6.21 Å². The van der Waals surface area contributed by atoms with Crippen molar-refractivity contribution in [2.45, 2.75) is 13.5 Å². The van der Waals surface area contributed by atoms with Crippen molar-refractivity contribution in [2.75, 3.05) is 0 Å². The Labute approximate surface area is 205 Å². The topological polar surface area (TPSA) is 71.6 Å². The van der Waals surface area contributed by atoms with E-state index < -0.39 is 0 Å². The highest BCUT2D eigenvalue weighted by molar-refractivity contribution is 6.30. The van der Waals surface area contributed by atoms with Crippen LogP contribution in [0.25, 0.3) is 27.5 Å². The van der Waals surface area contributed by atoms with Crippen molar-refractivity contribution in [3.63, 3.8) is 0 Å². The van der Waals surface area contributed by atoms with E-state index in [4.69, 9.17) is 16.6 Å². The monoisotopic (exact) mass is 477 g/mol. The number of para-hydroxylation sites is 2. The average molecular weight is 478 g/mol. The van der Waals surface area contributed by atoms with Crippen molar-refractivity contribution in [1.29, 1.82) is 0 Å². The number of amides is 1. The number of nitrogens with zero attached hydrogens (tertiary/aromatic N) is 4. The lowest BCUT2D eigenvalue weighted by atomic mass is 10.1. The third kappa shape index (κ3) is 3.78. The summed E-state index contributed by atoms with van der Waals surface area (Å²) in [5.74, 6) is -0.327. The second-order valence-corrected chi connectivity index (χ2v) is 8.88. The summed E-state index contributed by atoms with van der Waals surface area (Å²) in [5.41, 5.74) is 8.16. The highest BCUT2D eigenvalue weighted by Crippen LogP contribution is 2.31. The van der Waals surface area contributed by atoms with E-state index in [0.717, 1.165) is 43.3 Å². The molecule has 6 nitrogen and oxygen atoms in total. The first kappa shape index (κ1) is 21.3. The zero-order valence-corrected chi connectivity index (χ0v) is 19.6. The van der Waals surface area contributed by atoms with Crippen molar-refractivity contribution in [3.8, 4) is 0 Å². The third-order valence-electron chi connectivity index (χ3n) is 6.15. The van der Waals surface area contributed by atoms with Gasteiger partial charge in [0.05, 0.1) is 28.5 Å². The van der Waals surface area contributed by atoms with Crippen LogP contribution < -0.4 is 16.0 Å². The van der Waals surface area contributed by atoms with Crippen molar-refractivity contribution >= 4 is 51.2 Å². The highest BCUT2D eigenvalue weighted by Gasteiger charge is 2.16. The first-order valence-electron chi connectivity index (χ1n) is 11.2. The molecule has 0 atom stereocenters. The number of carbonyl (C=O) groups is 1. The third-order valence-corrected chi connectivity index (χ3v) is 6.39. The van der Waals surface area contributed by atoms with Crippen molar-refractivity contribution in [3.05, 3.63) is 111 Å². The van der Waals surface area contributed by atoms with Crippen molar-refractivity contribution in [2.24, 2.45) is 10.1 Å². The molecule has 1 aliphatic heterocycles. The van der Waals surface area contributed by atoms with Gasteiger partial charge < -0.3 is 4.57 Å². The van der Waals surface area contributed by atoms with Crippen LogP contribution in [0.4, 0.5) is 0 Å². The van der Waals surface area contributed by atoms with Crippen LogP contribution in [0, 0.1) is 6.92 Å². The summed E-state index contributed by atoms with van der Waals surface area (Å²) < 4.78 is 2.28. The van der Waals surface area contributed by atoms with Crippen molar-refractivity contribution < 1.29 is 4.79 Å². The average Bonchev–Trinajstić information content (AvgIpc) is 3.34. The van der Waals surface area contributed by atoms with Gasteiger partial charge in [-0.2, -0.15) is 5.10 Å². The normalized spacial score (nSPS) is 13.1. The van der Waals surface area contributed by atoms with Gasteiger partial charge in [0.15, 0.2) is 0 Å². The van der Waals surface area contributed by atoms with Crippen LogP contribution in [-0.2, 0) is 11.3 Å². The van der Waals surface area contributed by atoms with Gasteiger partial charge in [0.25, 0.3) is 5.91 Å². The number of hydrogen-bond donors (Lipinski definition) is 1. The minimum Gasteiger partial charge on any atom is -0.334 e. The lowest BCUT2D eigenvalue weighted by Crippen LogP contribution is -2.26. The number of pyridine rings is 1. The predicted molar refractivity (Wildman–Crippen MR) is 139 cm³/mol. The molecule has 2 aromatic heterocycles. The molecule has 3 heterocycles. The van der Waals surface area contributed by atoms with Gasteiger partial charge in [-0.25, -0.2) is 9.98 Å². The van der Waals surface area contributed by atoms with E-state index >= 15 is 0 Å². The van der Waals surface area contributed by atoms with Crippen molar-refractivity contribution in [1.82, 2.24) is 15.0 Å². The Balaban J connectivity index is 1.41. The molecule has 0 radical (unpaired) electrons. The van der Waals surface area contributed by atoms with Gasteiger partial charge in [-0.1, -0.05) is 60.1 Å². The first-order valence-corrected chi connectivity index (χ1v) is 11.6. The van der Waals surface area contributed by atoms with Gasteiger partial charge >= 0.3 is 0 Å². The quantitative estimate of drug-likeness (QED) is 0.306. The molecule has 1 N–H and O–H groups in total. The Morgan fingerprint density at radius 3 is 2.71 bits per heavy atom. The predicted octanol–water partition coefficient (Wildman–Crippen LogP) is 4.09. The molecule has 35 heavy (non-hydrogen) atoms. The zero-order chi connectivity index (χ0) is 23.9. The molecule has 0 saturated heterocycles. The molecule has 0 fully saturated rings. The van der Waals surface area contributed by atoms with Gasteiger partial charge in [-0.3, -0.25) is 10.2 Å². The number of carbonyl (C=O) groups excluding carboxylic acids is 1. The van der Waals surface area contributed by atoms with E-state index in [-0.39, 0.29) is 5.91 Å². The van der Waals surface area contributed by atoms with Crippen LogP contribution in [0.1, 0.15) is 17.0 Å². The molecular formula is C28H20ClN5O. The fourth-order valence-electron chi connectivity index (χ4n) is 4.68. The number of fused-ring (bicyclic) bond motifs is 4. The summed E-state index contributed by atoms with van der Waals surface area (Å²) in [7, 11) is 0. The van der Waals surface area contributed by atoms with Gasteiger partial charge in [0, 0.05) is 33.1 Å². The number of halogens is 1. The number of aryl methyl sites for hydroxylation is 1. The lowest BCUT2D eigenvalue weighted by molar-refractivity contribution is -0.113. The SMILES string of the molecule is Cc1nc(/C=N/NC2=c3ccccc3=NC2=O)cc2c3ccccc3n(Cc3cccc(Cl)c3)c12. The summed E-state index contributed by atoms with van der Waals surface area (Å²) in [6.45, 7) is 2.69. The maximum absolute atomic E-state index is 12.3. The van der Waals surface area contributed by atoms with Crippen LogP contribution in [0.5, 0.6) is 0 Å². The number of hydrazone groups is 1. The molecule has 5 aromatic rings. The molecule has 1 amide bonds. The minimum absolute atomic E-state index is 0.327. The second kappa shape index (κ2) is 8.49. The fourth-order valence-corrected chi connectivity index (χ4v) is 4.89. The smallest absolute Gasteiger partial charge is 0.296 e. The van der Waals surface area contributed by atoms with E-state index in [0.29, 0.717) is 23.3 Å².